The van der Waals surface area contributed by atoms with Gasteiger partial charge in [0.25, 0.3) is 0 Å². The maximum Gasteiger partial charge on any atom is 0.491 e. The minimum absolute atomic E-state index is 0.367. The molecule has 0 radical (unpaired) electrons. The minimum Gasteiger partial charge on any atom is -0.390 e. The number of rotatable bonds is 3. The van der Waals surface area contributed by atoms with Gasteiger partial charge in [0, 0.05) is 17.0 Å². The first-order valence-electron chi connectivity index (χ1n) is 4.87. The molecule has 1 heterocycles. The number of halogens is 1. The molecule has 0 saturated heterocycles. The van der Waals surface area contributed by atoms with Crippen molar-refractivity contribution in [1.82, 2.24) is 14.8 Å². The van der Waals surface area contributed by atoms with Crippen LogP contribution >= 0.6 is 11.6 Å². The second-order valence-electron chi connectivity index (χ2n) is 3.47. The van der Waals surface area contributed by atoms with Crippen molar-refractivity contribution >= 4 is 17.5 Å². The molecule has 1 aromatic carbocycles. The lowest BCUT2D eigenvalue weighted by atomic mass is 10.2. The Bertz CT molecular complexity index is 567. The van der Waals surface area contributed by atoms with Crippen LogP contribution in [0.4, 0.5) is 5.95 Å². The Balaban J connectivity index is 2.30. The van der Waals surface area contributed by atoms with Crippen LogP contribution in [-0.4, -0.2) is 19.7 Å². The highest BCUT2D eigenvalue weighted by Crippen LogP contribution is 2.17. The van der Waals surface area contributed by atoms with Crippen LogP contribution in [-0.2, 0) is 6.54 Å². The zero-order valence-corrected chi connectivity index (χ0v) is 9.76. The van der Waals surface area contributed by atoms with Gasteiger partial charge in [0.05, 0.1) is 6.54 Å². The van der Waals surface area contributed by atoms with E-state index in [0.717, 1.165) is 5.56 Å². The first kappa shape index (κ1) is 11.5. The molecule has 1 aromatic heterocycles. The summed E-state index contributed by atoms with van der Waals surface area (Å²) >= 11 is 6.00. The average Bonchev–Trinajstić information content (AvgIpc) is 2.64. The van der Waals surface area contributed by atoms with Crippen LogP contribution in [0.5, 0.6) is 0 Å². The lowest BCUT2D eigenvalue weighted by Gasteiger charge is -2.01. The first-order chi connectivity index (χ1) is 8.08. The third-order valence-electron chi connectivity index (χ3n) is 2.29. The SMILES string of the molecule is Cc1nc([N+](=O)[O-])nn1Cc1ccccc1Cl. The molecule has 0 aliphatic rings. The van der Waals surface area contributed by atoms with E-state index in [0.29, 0.717) is 17.4 Å². The van der Waals surface area contributed by atoms with Crippen LogP contribution in [0.25, 0.3) is 0 Å². The highest BCUT2D eigenvalue weighted by Gasteiger charge is 2.18. The van der Waals surface area contributed by atoms with Crippen molar-refractivity contribution < 1.29 is 4.92 Å². The quantitative estimate of drug-likeness (QED) is 0.620. The zero-order valence-electron chi connectivity index (χ0n) is 9.00. The monoisotopic (exact) mass is 252 g/mol. The highest BCUT2D eigenvalue weighted by molar-refractivity contribution is 6.31. The Hall–Kier alpha value is -1.95. The summed E-state index contributed by atoms with van der Waals surface area (Å²) in [6.07, 6.45) is 0. The van der Waals surface area contributed by atoms with Gasteiger partial charge in [-0.2, -0.15) is 4.68 Å². The largest absolute Gasteiger partial charge is 0.491 e. The van der Waals surface area contributed by atoms with Crippen molar-refractivity contribution in [3.05, 3.63) is 50.8 Å². The number of nitro groups is 1. The third kappa shape index (κ3) is 2.42. The van der Waals surface area contributed by atoms with Gasteiger partial charge in [0.2, 0.25) is 5.82 Å². The summed E-state index contributed by atoms with van der Waals surface area (Å²) in [5.74, 6) is 0.0890. The molecule has 0 aliphatic carbocycles. The van der Waals surface area contributed by atoms with E-state index < -0.39 is 10.9 Å². The van der Waals surface area contributed by atoms with Crippen LogP contribution in [0, 0.1) is 17.0 Å². The molecule has 0 atom stereocenters. The summed E-state index contributed by atoms with van der Waals surface area (Å²) in [6.45, 7) is 2.03. The fraction of sp³-hybridized carbons (Fsp3) is 0.200. The number of benzene rings is 1. The third-order valence-corrected chi connectivity index (χ3v) is 2.66. The Morgan fingerprint density at radius 1 is 1.47 bits per heavy atom. The number of aryl methyl sites for hydroxylation is 1. The summed E-state index contributed by atoms with van der Waals surface area (Å²) in [5, 5.41) is 14.9. The Morgan fingerprint density at radius 2 is 2.18 bits per heavy atom. The molecule has 2 aromatic rings. The van der Waals surface area contributed by atoms with E-state index in [4.69, 9.17) is 11.6 Å². The van der Waals surface area contributed by atoms with Gasteiger partial charge in [-0.1, -0.05) is 29.8 Å². The molecule has 0 bridgehead atoms. The number of hydrogen-bond acceptors (Lipinski definition) is 4. The molecular weight excluding hydrogens is 244 g/mol. The summed E-state index contributed by atoms with van der Waals surface area (Å²) in [5.41, 5.74) is 0.845. The summed E-state index contributed by atoms with van der Waals surface area (Å²) in [6, 6.07) is 7.28. The van der Waals surface area contributed by atoms with Gasteiger partial charge < -0.3 is 10.1 Å². The first-order valence-corrected chi connectivity index (χ1v) is 5.25. The molecule has 0 aliphatic heterocycles. The van der Waals surface area contributed by atoms with Crippen molar-refractivity contribution in [2.45, 2.75) is 13.5 Å². The van der Waals surface area contributed by atoms with Crippen LogP contribution in [0.1, 0.15) is 11.4 Å². The maximum atomic E-state index is 10.5. The van der Waals surface area contributed by atoms with Crippen LogP contribution in [0.3, 0.4) is 0 Å². The molecule has 0 saturated carbocycles. The summed E-state index contributed by atoms with van der Waals surface area (Å²) in [4.78, 5) is 13.7. The fourth-order valence-electron chi connectivity index (χ4n) is 1.42. The van der Waals surface area contributed by atoms with Gasteiger partial charge in [-0.05, 0) is 21.5 Å². The van der Waals surface area contributed by atoms with Gasteiger partial charge >= 0.3 is 5.95 Å². The van der Waals surface area contributed by atoms with Gasteiger partial charge in [-0.25, -0.2) is 0 Å². The van der Waals surface area contributed by atoms with Crippen LogP contribution in [0.15, 0.2) is 24.3 Å². The van der Waals surface area contributed by atoms with Crippen molar-refractivity contribution in [2.24, 2.45) is 0 Å². The Morgan fingerprint density at radius 3 is 2.76 bits per heavy atom. The normalized spacial score (nSPS) is 10.5. The fourth-order valence-corrected chi connectivity index (χ4v) is 1.62. The molecule has 2 rings (SSSR count). The molecule has 0 N–H and O–H groups in total. The molecule has 6 nitrogen and oxygen atoms in total. The smallest absolute Gasteiger partial charge is 0.390 e. The van der Waals surface area contributed by atoms with Crippen molar-refractivity contribution in [3.63, 3.8) is 0 Å². The lowest BCUT2D eigenvalue weighted by molar-refractivity contribution is -0.394. The van der Waals surface area contributed by atoms with Gasteiger partial charge in [-0.3, -0.25) is 0 Å². The van der Waals surface area contributed by atoms with E-state index >= 15 is 0 Å². The van der Waals surface area contributed by atoms with Crippen LogP contribution in [0.2, 0.25) is 5.02 Å². The topological polar surface area (TPSA) is 73.8 Å². The van der Waals surface area contributed by atoms with Crippen molar-refractivity contribution in [2.75, 3.05) is 0 Å². The zero-order chi connectivity index (χ0) is 12.4. The average molecular weight is 253 g/mol. The van der Waals surface area contributed by atoms with E-state index in [2.05, 4.69) is 10.1 Å². The van der Waals surface area contributed by atoms with Gasteiger partial charge in [-0.15, -0.1) is 0 Å². The highest BCUT2D eigenvalue weighted by atomic mass is 35.5. The molecule has 0 spiro atoms. The summed E-state index contributed by atoms with van der Waals surface area (Å²) in [7, 11) is 0. The molecule has 0 fully saturated rings. The van der Waals surface area contributed by atoms with Gasteiger partial charge in [0.1, 0.15) is 0 Å². The molecule has 88 valence electrons. The number of aromatic nitrogens is 3. The Labute approximate surface area is 102 Å². The molecule has 7 heteroatoms. The van der Waals surface area contributed by atoms with E-state index in [9.17, 15) is 10.1 Å². The summed E-state index contributed by atoms with van der Waals surface area (Å²) < 4.78 is 1.46. The van der Waals surface area contributed by atoms with E-state index in [1.165, 1.54) is 4.68 Å². The number of hydrogen-bond donors (Lipinski definition) is 0. The molecule has 0 unspecified atom stereocenters. The second-order valence-corrected chi connectivity index (χ2v) is 3.87. The molecular formula is C10H9ClN4O2. The predicted octanol–water partition coefficient (Wildman–Crippen LogP) is 2.20. The standard InChI is InChI=1S/C10H9ClN4O2/c1-7-12-10(15(16)17)13-14(7)6-8-4-2-3-5-9(8)11/h2-5H,6H2,1H3. The van der Waals surface area contributed by atoms with E-state index in [1.807, 2.05) is 18.2 Å². The second kappa shape index (κ2) is 4.50. The molecule has 0 amide bonds. The maximum absolute atomic E-state index is 10.5. The van der Waals surface area contributed by atoms with Gasteiger partial charge in [0.15, 0.2) is 0 Å². The van der Waals surface area contributed by atoms with Crippen molar-refractivity contribution in [1.29, 1.82) is 0 Å². The Kier molecular flexibility index (Phi) is 3.06. The van der Waals surface area contributed by atoms with Crippen molar-refractivity contribution in [3.8, 4) is 0 Å². The minimum atomic E-state index is -0.615. The molecule has 17 heavy (non-hydrogen) atoms. The van der Waals surface area contributed by atoms with E-state index in [-0.39, 0.29) is 0 Å². The predicted molar refractivity (Wildman–Crippen MR) is 62.0 cm³/mol. The van der Waals surface area contributed by atoms with Crippen LogP contribution < -0.4 is 0 Å². The van der Waals surface area contributed by atoms with E-state index in [1.54, 1.807) is 13.0 Å². The lowest BCUT2D eigenvalue weighted by Crippen LogP contribution is -2.04. The number of nitrogens with zero attached hydrogens (tertiary/aromatic N) is 4.